The number of carbonyl (C=O) groups excluding carboxylic acids is 2. The summed E-state index contributed by atoms with van der Waals surface area (Å²) in [5.41, 5.74) is 2.11. The summed E-state index contributed by atoms with van der Waals surface area (Å²) in [6.45, 7) is 6.80. The summed E-state index contributed by atoms with van der Waals surface area (Å²) in [4.78, 5) is 42.0. The molecule has 2 amide bonds. The lowest BCUT2D eigenvalue weighted by atomic mass is 10.00. The van der Waals surface area contributed by atoms with Crippen LogP contribution < -0.4 is 21.0 Å². The average molecular weight is 684 g/mol. The Morgan fingerprint density at radius 2 is 1.33 bits per heavy atom. The van der Waals surface area contributed by atoms with Gasteiger partial charge in [0.1, 0.15) is 6.04 Å². The molecule has 0 radical (unpaired) electrons. The first kappa shape index (κ1) is 35.2. The van der Waals surface area contributed by atoms with Crippen LogP contribution in [0.2, 0.25) is 5.04 Å². The third-order valence-electron chi connectivity index (χ3n) is 9.45. The molecule has 8 nitrogen and oxygen atoms in total. The molecule has 0 aliphatic carbocycles. The number of rotatable bonds is 12. The van der Waals surface area contributed by atoms with Crippen molar-refractivity contribution in [3.05, 3.63) is 115 Å². The number of nitrogens with zero attached hydrogens (tertiary/aromatic N) is 1. The van der Waals surface area contributed by atoms with Gasteiger partial charge in [-0.3, -0.25) is 9.59 Å². The lowest BCUT2D eigenvalue weighted by Gasteiger charge is -2.41. The van der Waals surface area contributed by atoms with E-state index in [1.54, 1.807) is 36.4 Å². The predicted octanol–water partition coefficient (Wildman–Crippen LogP) is 3.99. The second-order valence-corrected chi connectivity index (χ2v) is 19.1. The fourth-order valence-electron chi connectivity index (χ4n) is 6.55. The van der Waals surface area contributed by atoms with Crippen molar-refractivity contribution in [3.63, 3.8) is 0 Å². The number of hydrogen-bond acceptors (Lipinski definition) is 6. The van der Waals surface area contributed by atoms with E-state index in [0.717, 1.165) is 21.5 Å². The molecule has 0 bridgehead atoms. The summed E-state index contributed by atoms with van der Waals surface area (Å²) < 4.78 is 23.7. The Hall–Kier alpha value is -4.09. The minimum atomic E-state index is -3.29. The molecule has 48 heavy (non-hydrogen) atoms. The topological polar surface area (TPSA) is 116 Å². The van der Waals surface area contributed by atoms with Crippen LogP contribution in [0.5, 0.6) is 0 Å². The van der Waals surface area contributed by atoms with Crippen LogP contribution in [-0.2, 0) is 14.6 Å². The largest absolute Gasteiger partial charge is 0.424 e. The normalized spacial score (nSPS) is 14.7. The standard InChI is InChI=1S/C38H45N3O5SSi/c1-38(2,48(46,33-11-6-4-7-12-33)34-13-8-5-9-14-34)24-10-15-35(37(43)41-27-25-39-26-28-41)40-36(42)31-18-16-29(17-19-31)30-20-22-32(23-21-30)47(3,44)45/h4-9,11-14,16-23,35,39,46H,10,15,24-28H2,1-3H3,(H,40,42)/t35-/m0/s1. The van der Waals surface area contributed by atoms with Crippen LogP contribution in [0.25, 0.3) is 11.1 Å². The smallest absolute Gasteiger partial charge is 0.258 e. The van der Waals surface area contributed by atoms with E-state index in [9.17, 15) is 22.8 Å². The molecule has 1 heterocycles. The van der Waals surface area contributed by atoms with Gasteiger partial charge in [0.2, 0.25) is 5.91 Å². The minimum absolute atomic E-state index is 0.0936. The number of carbonyl (C=O) groups is 2. The second kappa shape index (κ2) is 15.0. The lowest BCUT2D eigenvalue weighted by molar-refractivity contribution is -0.134. The molecular formula is C38H45N3O5SSi. The van der Waals surface area contributed by atoms with E-state index in [1.807, 2.05) is 77.7 Å². The number of sulfone groups is 1. The quantitative estimate of drug-likeness (QED) is 0.195. The molecule has 10 heteroatoms. The van der Waals surface area contributed by atoms with Crippen molar-refractivity contribution >= 4 is 40.3 Å². The van der Waals surface area contributed by atoms with Gasteiger partial charge in [-0.05, 0) is 63.6 Å². The molecule has 252 valence electrons. The number of piperazine rings is 1. The molecule has 0 spiro atoms. The van der Waals surface area contributed by atoms with Gasteiger partial charge in [-0.25, -0.2) is 8.42 Å². The first-order chi connectivity index (χ1) is 22.9. The first-order valence-corrected chi connectivity index (χ1v) is 20.3. The van der Waals surface area contributed by atoms with E-state index >= 15 is 0 Å². The van der Waals surface area contributed by atoms with Crippen LogP contribution in [0, 0.1) is 0 Å². The molecule has 3 N–H and O–H groups in total. The summed E-state index contributed by atoms with van der Waals surface area (Å²) in [6, 6.07) is 32.8. The van der Waals surface area contributed by atoms with E-state index in [-0.39, 0.29) is 16.7 Å². The molecule has 1 fully saturated rings. The van der Waals surface area contributed by atoms with Gasteiger partial charge in [-0.2, -0.15) is 0 Å². The monoisotopic (exact) mass is 683 g/mol. The Bertz CT molecular complexity index is 1750. The summed E-state index contributed by atoms with van der Waals surface area (Å²) >= 11 is 0. The molecule has 4 aromatic rings. The SMILES string of the molecule is CC(C)(CCC[C@H](NC(=O)c1ccc(-c2ccc(S(C)(=O)=O)cc2)cc1)C(=O)N1CCNCC1)[Si](O)(c1ccccc1)c1ccccc1. The fraction of sp³-hybridized carbons (Fsp3) is 0.316. The number of benzene rings is 4. The molecule has 0 saturated carbocycles. The summed E-state index contributed by atoms with van der Waals surface area (Å²) in [6.07, 6.45) is 2.91. The van der Waals surface area contributed by atoms with Crippen molar-refractivity contribution in [1.29, 1.82) is 0 Å². The summed E-state index contributed by atoms with van der Waals surface area (Å²) in [5.74, 6) is -0.426. The van der Waals surface area contributed by atoms with Crippen LogP contribution in [0.15, 0.2) is 114 Å². The highest BCUT2D eigenvalue weighted by molar-refractivity contribution is 7.90. The first-order valence-electron chi connectivity index (χ1n) is 16.4. The lowest BCUT2D eigenvalue weighted by Crippen LogP contribution is -2.65. The van der Waals surface area contributed by atoms with Crippen LogP contribution >= 0.6 is 0 Å². The highest BCUT2D eigenvalue weighted by Gasteiger charge is 2.49. The van der Waals surface area contributed by atoms with E-state index in [4.69, 9.17) is 0 Å². The summed E-state index contributed by atoms with van der Waals surface area (Å²) in [5, 5.41) is 7.72. The molecule has 0 unspecified atom stereocenters. The van der Waals surface area contributed by atoms with Crippen molar-refractivity contribution in [3.8, 4) is 11.1 Å². The van der Waals surface area contributed by atoms with Gasteiger partial charge in [0.15, 0.2) is 9.84 Å². The fourth-order valence-corrected chi connectivity index (χ4v) is 11.0. The molecule has 1 aliphatic heterocycles. The molecule has 0 aromatic heterocycles. The Labute approximate surface area is 285 Å². The predicted molar refractivity (Wildman–Crippen MR) is 194 cm³/mol. The maximum absolute atomic E-state index is 13.8. The Morgan fingerprint density at radius 3 is 1.83 bits per heavy atom. The third-order valence-corrected chi connectivity index (χ3v) is 15.1. The van der Waals surface area contributed by atoms with Crippen LogP contribution in [0.3, 0.4) is 0 Å². The molecule has 1 aliphatic rings. The van der Waals surface area contributed by atoms with E-state index in [0.29, 0.717) is 51.0 Å². The van der Waals surface area contributed by atoms with Crippen molar-refractivity contribution in [2.24, 2.45) is 0 Å². The zero-order valence-corrected chi connectivity index (χ0v) is 29.7. The van der Waals surface area contributed by atoms with Crippen molar-refractivity contribution in [1.82, 2.24) is 15.5 Å². The van der Waals surface area contributed by atoms with E-state index in [1.165, 1.54) is 6.26 Å². The van der Waals surface area contributed by atoms with Gasteiger partial charge >= 0.3 is 0 Å². The number of hydrogen-bond donors (Lipinski definition) is 3. The van der Waals surface area contributed by atoms with Gasteiger partial charge in [-0.15, -0.1) is 0 Å². The maximum atomic E-state index is 13.8. The Balaban J connectivity index is 1.32. The van der Waals surface area contributed by atoms with Crippen LogP contribution in [0.4, 0.5) is 0 Å². The highest BCUT2D eigenvalue weighted by Crippen LogP contribution is 2.40. The minimum Gasteiger partial charge on any atom is -0.424 e. The van der Waals surface area contributed by atoms with Crippen molar-refractivity contribution in [2.45, 2.75) is 49.1 Å². The zero-order valence-electron chi connectivity index (χ0n) is 27.9. The van der Waals surface area contributed by atoms with Gasteiger partial charge in [0.25, 0.3) is 14.2 Å². The summed E-state index contributed by atoms with van der Waals surface area (Å²) in [7, 11) is -6.50. The molecule has 1 atom stereocenters. The Morgan fingerprint density at radius 1 is 0.833 bits per heavy atom. The van der Waals surface area contributed by atoms with Gasteiger partial charge < -0.3 is 20.3 Å². The highest BCUT2D eigenvalue weighted by atomic mass is 32.2. The molecular weight excluding hydrogens is 639 g/mol. The van der Waals surface area contributed by atoms with Gasteiger partial charge in [-0.1, -0.05) is 105 Å². The zero-order chi connectivity index (χ0) is 34.4. The Kier molecular flexibility index (Phi) is 11.0. The van der Waals surface area contributed by atoms with E-state index < -0.39 is 29.2 Å². The van der Waals surface area contributed by atoms with Gasteiger partial charge in [0, 0.05) is 38.0 Å². The van der Waals surface area contributed by atoms with Gasteiger partial charge in [0.05, 0.1) is 4.90 Å². The van der Waals surface area contributed by atoms with Crippen LogP contribution in [-0.4, -0.2) is 76.7 Å². The second-order valence-electron chi connectivity index (χ2n) is 13.2. The number of amides is 2. The van der Waals surface area contributed by atoms with Crippen LogP contribution in [0.1, 0.15) is 43.5 Å². The van der Waals surface area contributed by atoms with Crippen molar-refractivity contribution < 1.29 is 22.8 Å². The third kappa shape index (κ3) is 7.95. The maximum Gasteiger partial charge on any atom is 0.258 e. The number of nitrogens with one attached hydrogen (secondary N) is 2. The molecule has 1 saturated heterocycles. The molecule has 4 aromatic carbocycles. The average Bonchev–Trinajstić information content (AvgIpc) is 3.11. The van der Waals surface area contributed by atoms with E-state index in [2.05, 4.69) is 24.5 Å². The van der Waals surface area contributed by atoms with Crippen molar-refractivity contribution in [2.75, 3.05) is 32.4 Å². The molecule has 5 rings (SSSR count).